The summed E-state index contributed by atoms with van der Waals surface area (Å²) in [6.45, 7) is 0.338. The van der Waals surface area contributed by atoms with E-state index in [1.165, 1.54) is 0 Å². The Morgan fingerprint density at radius 3 is 3.00 bits per heavy atom. The van der Waals surface area contributed by atoms with Crippen molar-refractivity contribution >= 4 is 28.8 Å². The Morgan fingerprint density at radius 1 is 1.24 bits per heavy atom. The molecule has 0 aliphatic heterocycles. The number of anilines is 1. The summed E-state index contributed by atoms with van der Waals surface area (Å²) in [5.74, 6) is 0.770. The molecule has 0 saturated heterocycles. The first-order valence-electron chi connectivity index (χ1n) is 6.44. The third-order valence-electron chi connectivity index (χ3n) is 3.00. The molecule has 0 bridgehead atoms. The molecule has 1 aromatic carbocycles. The van der Waals surface area contributed by atoms with Crippen molar-refractivity contribution in [2.24, 2.45) is 0 Å². The number of imidazole rings is 1. The van der Waals surface area contributed by atoms with Crippen LogP contribution in [0, 0.1) is 0 Å². The molecular formula is C15H13ClN4O. The van der Waals surface area contributed by atoms with E-state index < -0.39 is 0 Å². The van der Waals surface area contributed by atoms with Crippen LogP contribution in [0.1, 0.15) is 5.82 Å². The van der Waals surface area contributed by atoms with E-state index in [0.29, 0.717) is 17.3 Å². The van der Waals surface area contributed by atoms with Gasteiger partial charge in [-0.3, -0.25) is 0 Å². The van der Waals surface area contributed by atoms with Crippen molar-refractivity contribution in [1.29, 1.82) is 0 Å². The first-order valence-corrected chi connectivity index (χ1v) is 6.81. The van der Waals surface area contributed by atoms with Gasteiger partial charge in [-0.2, -0.15) is 0 Å². The largest absolute Gasteiger partial charge is 0.331 e. The lowest BCUT2D eigenvalue weighted by molar-refractivity contribution is 0.251. The standard InChI is InChI=1S/C15H13ClN4O/c16-11-4-3-5-12(8-11)19-15(21)18-10-14-17-9-13-6-1-2-7-20(13)14/h1-9H,10H2,(H2,18,19,21). The molecule has 0 spiro atoms. The molecule has 0 aliphatic carbocycles. The number of fused-ring (bicyclic) bond motifs is 1. The summed E-state index contributed by atoms with van der Waals surface area (Å²) in [5, 5.41) is 6.07. The number of nitrogens with zero attached hydrogens (tertiary/aromatic N) is 2. The van der Waals surface area contributed by atoms with E-state index >= 15 is 0 Å². The van der Waals surface area contributed by atoms with Gasteiger partial charge in [0.1, 0.15) is 5.82 Å². The molecule has 3 rings (SSSR count). The highest BCUT2D eigenvalue weighted by molar-refractivity contribution is 6.30. The first kappa shape index (κ1) is 13.5. The summed E-state index contributed by atoms with van der Waals surface area (Å²) in [4.78, 5) is 16.1. The zero-order chi connectivity index (χ0) is 14.7. The van der Waals surface area contributed by atoms with Gasteiger partial charge in [0.25, 0.3) is 0 Å². The minimum absolute atomic E-state index is 0.301. The Kier molecular flexibility index (Phi) is 3.75. The van der Waals surface area contributed by atoms with Crippen molar-refractivity contribution < 1.29 is 4.79 Å². The average molecular weight is 301 g/mol. The van der Waals surface area contributed by atoms with Crippen LogP contribution in [0.15, 0.2) is 54.9 Å². The smallest absolute Gasteiger partial charge is 0.319 e. The summed E-state index contributed by atoms with van der Waals surface area (Å²) in [7, 11) is 0. The van der Waals surface area contributed by atoms with Gasteiger partial charge in [0.2, 0.25) is 0 Å². The van der Waals surface area contributed by atoms with Crippen LogP contribution in [0.3, 0.4) is 0 Å². The number of amides is 2. The third-order valence-corrected chi connectivity index (χ3v) is 3.24. The van der Waals surface area contributed by atoms with E-state index in [0.717, 1.165) is 11.3 Å². The summed E-state index contributed by atoms with van der Waals surface area (Å²) in [5.41, 5.74) is 1.64. The second-order valence-corrected chi connectivity index (χ2v) is 4.92. The monoisotopic (exact) mass is 300 g/mol. The zero-order valence-corrected chi connectivity index (χ0v) is 11.8. The highest BCUT2D eigenvalue weighted by Gasteiger charge is 2.06. The SMILES string of the molecule is O=C(NCc1ncc2ccccn12)Nc1cccc(Cl)c1. The summed E-state index contributed by atoms with van der Waals surface area (Å²) < 4.78 is 1.93. The van der Waals surface area contributed by atoms with Gasteiger partial charge in [-0.25, -0.2) is 9.78 Å². The van der Waals surface area contributed by atoms with E-state index in [4.69, 9.17) is 11.6 Å². The number of aromatic nitrogens is 2. The normalized spacial score (nSPS) is 10.5. The number of halogens is 1. The Balaban J connectivity index is 1.63. The van der Waals surface area contributed by atoms with Gasteiger partial charge in [-0.05, 0) is 30.3 Å². The number of pyridine rings is 1. The molecule has 5 nitrogen and oxygen atoms in total. The Labute approximate surface area is 126 Å². The number of carbonyl (C=O) groups excluding carboxylic acids is 1. The van der Waals surface area contributed by atoms with Gasteiger partial charge in [-0.15, -0.1) is 0 Å². The third kappa shape index (κ3) is 3.14. The summed E-state index contributed by atoms with van der Waals surface area (Å²) in [6, 6.07) is 12.5. The summed E-state index contributed by atoms with van der Waals surface area (Å²) in [6.07, 6.45) is 3.68. The first-order chi connectivity index (χ1) is 10.2. The zero-order valence-electron chi connectivity index (χ0n) is 11.1. The maximum atomic E-state index is 11.9. The number of urea groups is 1. The van der Waals surface area contributed by atoms with Crippen LogP contribution < -0.4 is 10.6 Å². The predicted octanol–water partition coefficient (Wildman–Crippen LogP) is 3.31. The number of hydrogen-bond donors (Lipinski definition) is 2. The number of hydrogen-bond acceptors (Lipinski definition) is 2. The van der Waals surface area contributed by atoms with Crippen LogP contribution >= 0.6 is 11.6 Å². The number of benzene rings is 1. The molecule has 2 aromatic heterocycles. The molecule has 0 radical (unpaired) electrons. The second-order valence-electron chi connectivity index (χ2n) is 4.49. The molecule has 3 aromatic rings. The molecule has 106 valence electrons. The predicted molar refractivity (Wildman–Crippen MR) is 82.5 cm³/mol. The Hall–Kier alpha value is -2.53. The molecular weight excluding hydrogens is 288 g/mol. The summed E-state index contributed by atoms with van der Waals surface area (Å²) >= 11 is 5.87. The fourth-order valence-corrected chi connectivity index (χ4v) is 2.22. The molecule has 0 fully saturated rings. The quantitative estimate of drug-likeness (QED) is 0.779. The number of carbonyl (C=O) groups is 1. The Bertz CT molecular complexity index is 784. The lowest BCUT2D eigenvalue weighted by atomic mass is 10.3. The van der Waals surface area contributed by atoms with Gasteiger partial charge < -0.3 is 15.0 Å². The van der Waals surface area contributed by atoms with Crippen LogP contribution in [0.2, 0.25) is 5.02 Å². The lowest BCUT2D eigenvalue weighted by Crippen LogP contribution is -2.28. The molecule has 0 unspecified atom stereocenters. The molecule has 0 atom stereocenters. The minimum atomic E-state index is -0.301. The average Bonchev–Trinajstić information content (AvgIpc) is 2.88. The van der Waals surface area contributed by atoms with E-state index in [1.54, 1.807) is 30.5 Å². The van der Waals surface area contributed by atoms with Crippen LogP contribution in [-0.4, -0.2) is 15.4 Å². The van der Waals surface area contributed by atoms with Crippen molar-refractivity contribution in [1.82, 2.24) is 14.7 Å². The van der Waals surface area contributed by atoms with Crippen LogP contribution in [0.4, 0.5) is 10.5 Å². The lowest BCUT2D eigenvalue weighted by Gasteiger charge is -2.07. The van der Waals surface area contributed by atoms with Gasteiger partial charge in [-0.1, -0.05) is 23.7 Å². The van der Waals surface area contributed by atoms with Crippen molar-refractivity contribution in [3.63, 3.8) is 0 Å². The minimum Gasteiger partial charge on any atom is -0.331 e. The maximum Gasteiger partial charge on any atom is 0.319 e. The highest BCUT2D eigenvalue weighted by atomic mass is 35.5. The topological polar surface area (TPSA) is 58.4 Å². The van der Waals surface area contributed by atoms with Crippen molar-refractivity contribution in [2.75, 3.05) is 5.32 Å². The van der Waals surface area contributed by atoms with Crippen molar-refractivity contribution in [3.8, 4) is 0 Å². The second kappa shape index (κ2) is 5.85. The van der Waals surface area contributed by atoms with E-state index in [2.05, 4.69) is 15.6 Å². The molecule has 21 heavy (non-hydrogen) atoms. The van der Waals surface area contributed by atoms with Crippen LogP contribution in [0.5, 0.6) is 0 Å². The van der Waals surface area contributed by atoms with Gasteiger partial charge in [0, 0.05) is 16.9 Å². The number of nitrogens with one attached hydrogen (secondary N) is 2. The van der Waals surface area contributed by atoms with Gasteiger partial charge >= 0.3 is 6.03 Å². The molecule has 2 amide bonds. The van der Waals surface area contributed by atoms with Gasteiger partial charge in [0.05, 0.1) is 18.3 Å². The van der Waals surface area contributed by atoms with E-state index in [-0.39, 0.29) is 6.03 Å². The molecule has 0 aliphatic rings. The fourth-order valence-electron chi connectivity index (χ4n) is 2.03. The van der Waals surface area contributed by atoms with E-state index in [9.17, 15) is 4.79 Å². The molecule has 2 N–H and O–H groups in total. The molecule has 6 heteroatoms. The number of rotatable bonds is 3. The van der Waals surface area contributed by atoms with Crippen molar-refractivity contribution in [2.45, 2.75) is 6.54 Å². The van der Waals surface area contributed by atoms with Crippen molar-refractivity contribution in [3.05, 3.63) is 65.7 Å². The van der Waals surface area contributed by atoms with E-state index in [1.807, 2.05) is 28.8 Å². The fraction of sp³-hybridized carbons (Fsp3) is 0.0667. The van der Waals surface area contributed by atoms with Crippen LogP contribution in [-0.2, 0) is 6.54 Å². The molecule has 2 heterocycles. The highest BCUT2D eigenvalue weighted by Crippen LogP contribution is 2.14. The molecule has 0 saturated carbocycles. The Morgan fingerprint density at radius 2 is 2.14 bits per heavy atom. The van der Waals surface area contributed by atoms with Gasteiger partial charge in [0.15, 0.2) is 0 Å². The van der Waals surface area contributed by atoms with Crippen LogP contribution in [0.25, 0.3) is 5.52 Å². The maximum absolute atomic E-state index is 11.9.